The van der Waals surface area contributed by atoms with Crippen molar-refractivity contribution in [1.29, 1.82) is 5.41 Å². The summed E-state index contributed by atoms with van der Waals surface area (Å²) in [6, 6.07) is 7.26. The quantitative estimate of drug-likeness (QED) is 0.431. The smallest absolute Gasteiger partial charge is 0.254 e. The van der Waals surface area contributed by atoms with Crippen LogP contribution in [-0.4, -0.2) is 74.0 Å². The lowest BCUT2D eigenvalue weighted by Crippen LogP contribution is -2.36. The summed E-state index contributed by atoms with van der Waals surface area (Å²) in [6.45, 7) is 8.21. The van der Waals surface area contributed by atoms with Crippen LogP contribution in [0, 0.1) is 5.41 Å². The van der Waals surface area contributed by atoms with E-state index in [4.69, 9.17) is 14.9 Å². The van der Waals surface area contributed by atoms with Crippen LogP contribution in [0.15, 0.2) is 24.3 Å². The summed E-state index contributed by atoms with van der Waals surface area (Å²) < 4.78 is 11.5. The minimum Gasteiger partial charge on any atom is -0.494 e. The molecule has 1 fully saturated rings. The van der Waals surface area contributed by atoms with Crippen molar-refractivity contribution in [3.05, 3.63) is 52.1 Å². The van der Waals surface area contributed by atoms with Gasteiger partial charge in [0, 0.05) is 37.8 Å². The van der Waals surface area contributed by atoms with Gasteiger partial charge in [0.2, 0.25) is 0 Å². The van der Waals surface area contributed by atoms with Crippen molar-refractivity contribution in [3.63, 3.8) is 0 Å². The number of piperidine rings is 1. The number of hydrogen-bond acceptors (Lipinski definition) is 7. The van der Waals surface area contributed by atoms with Crippen LogP contribution in [0.4, 0.5) is 5.69 Å². The number of fused-ring (bicyclic) bond motifs is 1. The molecule has 1 amide bonds. The number of nitrogens with one attached hydrogen (secondary N) is 2. The second-order valence-corrected chi connectivity index (χ2v) is 10.1. The van der Waals surface area contributed by atoms with Gasteiger partial charge in [-0.2, -0.15) is 0 Å². The molecule has 2 aliphatic rings. The third kappa shape index (κ3) is 5.34. The molecule has 0 atom stereocenters. The molecule has 0 aromatic heterocycles. The van der Waals surface area contributed by atoms with E-state index >= 15 is 0 Å². The van der Waals surface area contributed by atoms with E-state index in [2.05, 4.69) is 24.1 Å². The predicted molar refractivity (Wildman–Crippen MR) is 147 cm³/mol. The van der Waals surface area contributed by atoms with Crippen LogP contribution in [0.3, 0.4) is 0 Å². The van der Waals surface area contributed by atoms with Crippen LogP contribution < -0.4 is 19.7 Å². The van der Waals surface area contributed by atoms with Gasteiger partial charge in [0.05, 0.1) is 37.6 Å². The maximum atomic E-state index is 13.6. The fourth-order valence-electron chi connectivity index (χ4n) is 5.20. The van der Waals surface area contributed by atoms with Gasteiger partial charge >= 0.3 is 0 Å². The predicted octanol–water partition coefficient (Wildman–Crippen LogP) is 3.56. The number of Topliss-reactive ketones (excluding diaryl/α,β-unsaturated/α-hetero) is 1. The topological polar surface area (TPSA) is 115 Å². The third-order valence-electron chi connectivity index (χ3n) is 7.30. The molecule has 38 heavy (non-hydrogen) atoms. The third-order valence-corrected chi connectivity index (χ3v) is 7.30. The molecule has 2 aliphatic heterocycles. The summed E-state index contributed by atoms with van der Waals surface area (Å²) in [6.07, 6.45) is 1.04. The minimum absolute atomic E-state index is 0.0365. The number of carbonyl (C=O) groups is 2. The highest BCUT2D eigenvalue weighted by Gasteiger charge is 2.30. The second kappa shape index (κ2) is 11.4. The number of amidine groups is 1. The van der Waals surface area contributed by atoms with Crippen molar-refractivity contribution >= 4 is 23.2 Å². The van der Waals surface area contributed by atoms with E-state index in [1.54, 1.807) is 31.2 Å². The average molecular weight is 523 g/mol. The van der Waals surface area contributed by atoms with Gasteiger partial charge in [-0.15, -0.1) is 0 Å². The lowest BCUT2D eigenvalue weighted by molar-refractivity contribution is 0.0953. The summed E-state index contributed by atoms with van der Waals surface area (Å²) in [5.74, 6) is 1.21. The normalized spacial score (nSPS) is 15.6. The van der Waals surface area contributed by atoms with Crippen molar-refractivity contribution in [3.8, 4) is 11.5 Å². The first-order chi connectivity index (χ1) is 18.2. The molecular formula is C29H38N4O5. The van der Waals surface area contributed by atoms with Gasteiger partial charge < -0.3 is 29.7 Å². The number of methoxy groups -OCH3 is 1. The zero-order valence-corrected chi connectivity index (χ0v) is 22.9. The molecule has 0 radical (unpaired) electrons. The molecule has 1 saturated heterocycles. The van der Waals surface area contributed by atoms with Gasteiger partial charge in [-0.25, -0.2) is 0 Å². The van der Waals surface area contributed by atoms with Gasteiger partial charge in [-0.3, -0.25) is 15.0 Å². The van der Waals surface area contributed by atoms with E-state index in [-0.39, 0.29) is 36.1 Å². The molecular weight excluding hydrogens is 484 g/mol. The lowest BCUT2D eigenvalue weighted by atomic mass is 9.95. The summed E-state index contributed by atoms with van der Waals surface area (Å²) in [7, 11) is 3.21. The second-order valence-electron chi connectivity index (χ2n) is 10.1. The summed E-state index contributed by atoms with van der Waals surface area (Å²) in [5.41, 5.74) is 4.25. The molecule has 3 N–H and O–H groups in total. The number of aliphatic hydroxyl groups excluding tert-OH is 1. The monoisotopic (exact) mass is 522 g/mol. The summed E-state index contributed by atoms with van der Waals surface area (Å²) in [5, 5.41) is 21.4. The molecule has 2 heterocycles. The Balaban J connectivity index is 1.62. The zero-order chi connectivity index (χ0) is 27.6. The van der Waals surface area contributed by atoms with Crippen LogP contribution in [-0.2, 0) is 6.54 Å². The van der Waals surface area contributed by atoms with Crippen molar-refractivity contribution in [1.82, 2.24) is 10.2 Å². The number of nitrogens with zero attached hydrogens (tertiary/aromatic N) is 2. The molecule has 0 unspecified atom stereocenters. The number of rotatable bonds is 9. The molecule has 204 valence electrons. The number of anilines is 1. The largest absolute Gasteiger partial charge is 0.494 e. The summed E-state index contributed by atoms with van der Waals surface area (Å²) >= 11 is 0. The summed E-state index contributed by atoms with van der Waals surface area (Å²) in [4.78, 5) is 30.0. The first-order valence-electron chi connectivity index (χ1n) is 13.2. The molecule has 0 bridgehead atoms. The lowest BCUT2D eigenvalue weighted by Gasteiger charge is -2.33. The number of ketones is 1. The highest BCUT2D eigenvalue weighted by Crippen LogP contribution is 2.39. The van der Waals surface area contributed by atoms with E-state index in [9.17, 15) is 14.7 Å². The van der Waals surface area contributed by atoms with Crippen LogP contribution in [0.5, 0.6) is 11.5 Å². The molecule has 0 aliphatic carbocycles. The SMILES string of the molecule is CCOc1cc2c(cc1C(=O)NC)C(=N)N(CC(=O)c1cc(C(C)C)c(OC)c(N3CCC(O)CC3)c1)C2. The van der Waals surface area contributed by atoms with E-state index in [1.807, 2.05) is 19.1 Å². The Morgan fingerprint density at radius 3 is 2.50 bits per heavy atom. The molecule has 0 spiro atoms. The Morgan fingerprint density at radius 2 is 1.89 bits per heavy atom. The molecule has 2 aromatic carbocycles. The molecule has 4 rings (SSSR count). The first kappa shape index (κ1) is 27.4. The van der Waals surface area contributed by atoms with Crippen LogP contribution in [0.1, 0.15) is 76.9 Å². The van der Waals surface area contributed by atoms with Crippen molar-refractivity contribution < 1.29 is 24.2 Å². The molecule has 2 aromatic rings. The number of benzene rings is 2. The highest BCUT2D eigenvalue weighted by molar-refractivity contribution is 6.08. The van der Waals surface area contributed by atoms with E-state index in [0.717, 1.165) is 22.6 Å². The number of aliphatic hydroxyl groups is 1. The van der Waals surface area contributed by atoms with Crippen molar-refractivity contribution in [2.24, 2.45) is 0 Å². The van der Waals surface area contributed by atoms with E-state index in [0.29, 0.717) is 61.5 Å². The van der Waals surface area contributed by atoms with Gasteiger partial charge in [0.15, 0.2) is 5.78 Å². The Labute approximate surface area is 224 Å². The van der Waals surface area contributed by atoms with Gasteiger partial charge in [-0.05, 0) is 61.1 Å². The maximum absolute atomic E-state index is 13.6. The fourth-order valence-corrected chi connectivity index (χ4v) is 5.20. The Morgan fingerprint density at radius 1 is 1.18 bits per heavy atom. The maximum Gasteiger partial charge on any atom is 0.254 e. The number of amides is 1. The Bertz CT molecular complexity index is 1230. The van der Waals surface area contributed by atoms with E-state index < -0.39 is 0 Å². The van der Waals surface area contributed by atoms with Gasteiger partial charge in [0.25, 0.3) is 5.91 Å². The fraction of sp³-hybridized carbons (Fsp3) is 0.483. The van der Waals surface area contributed by atoms with Crippen molar-refractivity contribution in [2.75, 3.05) is 45.3 Å². The van der Waals surface area contributed by atoms with Gasteiger partial charge in [0.1, 0.15) is 17.3 Å². The number of carbonyl (C=O) groups excluding carboxylic acids is 2. The number of hydrogen-bond donors (Lipinski definition) is 3. The number of ether oxygens (including phenoxy) is 2. The Kier molecular flexibility index (Phi) is 8.26. The first-order valence-corrected chi connectivity index (χ1v) is 13.2. The van der Waals surface area contributed by atoms with Crippen LogP contribution in [0.25, 0.3) is 0 Å². The van der Waals surface area contributed by atoms with Gasteiger partial charge in [-0.1, -0.05) is 13.8 Å². The van der Waals surface area contributed by atoms with Crippen LogP contribution in [0.2, 0.25) is 0 Å². The molecule has 9 heteroatoms. The molecule has 9 nitrogen and oxygen atoms in total. The minimum atomic E-state index is -0.304. The highest BCUT2D eigenvalue weighted by atomic mass is 16.5. The average Bonchev–Trinajstić information content (AvgIpc) is 3.21. The van der Waals surface area contributed by atoms with Crippen molar-refractivity contribution in [2.45, 2.75) is 52.2 Å². The Hall–Kier alpha value is -3.59. The zero-order valence-electron chi connectivity index (χ0n) is 22.9. The molecule has 0 saturated carbocycles. The van der Waals surface area contributed by atoms with E-state index in [1.165, 1.54) is 0 Å². The standard InChI is InChI=1S/C29H38N4O5/c1-6-38-26-13-19-15-33(28(30)22(19)14-23(26)29(36)31-4)16-25(35)18-11-21(17(2)3)27(37-5)24(12-18)32-9-7-20(34)8-10-32/h11-14,17,20,30,34H,6-10,15-16H2,1-5H3,(H,31,36). The van der Waals surface area contributed by atoms with Crippen LogP contribution >= 0.6 is 0 Å².